The summed E-state index contributed by atoms with van der Waals surface area (Å²) in [4.78, 5) is 17.5. The first-order valence-corrected chi connectivity index (χ1v) is 12.0. The standard InChI is InChI=1S/C29H29N3O4/c1-34-23-13-14-26(35-2)24(19-23)27-20-25(30-36-27)29(33)32-17-15-31(16-18-32)28(21-9-5-3-6-10-21)22-11-7-4-8-12-22/h3-14,19-20,28H,15-18H2,1-2H3. The highest BCUT2D eigenvalue weighted by atomic mass is 16.5. The van der Waals surface area contributed by atoms with Crippen molar-refractivity contribution in [3.05, 3.63) is 102 Å². The third-order valence-electron chi connectivity index (χ3n) is 6.60. The van der Waals surface area contributed by atoms with E-state index in [1.54, 1.807) is 32.4 Å². The quantitative estimate of drug-likeness (QED) is 0.372. The zero-order valence-corrected chi connectivity index (χ0v) is 20.5. The Morgan fingerprint density at radius 1 is 0.833 bits per heavy atom. The summed E-state index contributed by atoms with van der Waals surface area (Å²) in [6.07, 6.45) is 0. The molecule has 184 valence electrons. The van der Waals surface area contributed by atoms with Crippen molar-refractivity contribution in [2.45, 2.75) is 6.04 Å². The van der Waals surface area contributed by atoms with Gasteiger partial charge in [-0.15, -0.1) is 0 Å². The van der Waals surface area contributed by atoms with Gasteiger partial charge in [0.15, 0.2) is 11.5 Å². The van der Waals surface area contributed by atoms with Crippen LogP contribution in [0.5, 0.6) is 11.5 Å². The van der Waals surface area contributed by atoms with Gasteiger partial charge in [0.25, 0.3) is 5.91 Å². The summed E-state index contributed by atoms with van der Waals surface area (Å²) in [5, 5.41) is 4.07. The van der Waals surface area contributed by atoms with E-state index >= 15 is 0 Å². The molecule has 1 fully saturated rings. The van der Waals surface area contributed by atoms with E-state index in [0.29, 0.717) is 35.9 Å². The molecule has 2 heterocycles. The molecule has 1 aliphatic heterocycles. The number of aromatic nitrogens is 1. The molecule has 0 aliphatic carbocycles. The number of amides is 1. The summed E-state index contributed by atoms with van der Waals surface area (Å²) >= 11 is 0. The van der Waals surface area contributed by atoms with E-state index in [4.69, 9.17) is 14.0 Å². The van der Waals surface area contributed by atoms with Crippen LogP contribution < -0.4 is 9.47 Å². The predicted molar refractivity (Wildman–Crippen MR) is 137 cm³/mol. The summed E-state index contributed by atoms with van der Waals surface area (Å²) in [7, 11) is 3.19. The van der Waals surface area contributed by atoms with Gasteiger partial charge < -0.3 is 18.9 Å². The van der Waals surface area contributed by atoms with E-state index in [2.05, 4.69) is 58.6 Å². The van der Waals surface area contributed by atoms with Gasteiger partial charge in [-0.1, -0.05) is 65.8 Å². The molecular weight excluding hydrogens is 454 g/mol. The minimum absolute atomic E-state index is 0.137. The fourth-order valence-corrected chi connectivity index (χ4v) is 4.74. The van der Waals surface area contributed by atoms with Crippen molar-refractivity contribution in [2.75, 3.05) is 40.4 Å². The molecule has 1 aliphatic rings. The van der Waals surface area contributed by atoms with Crippen LogP contribution in [0.2, 0.25) is 0 Å². The highest BCUT2D eigenvalue weighted by molar-refractivity contribution is 5.93. The molecule has 0 spiro atoms. The van der Waals surface area contributed by atoms with Crippen LogP contribution in [-0.4, -0.2) is 61.3 Å². The largest absolute Gasteiger partial charge is 0.497 e. The van der Waals surface area contributed by atoms with Gasteiger partial charge >= 0.3 is 0 Å². The van der Waals surface area contributed by atoms with Crippen LogP contribution in [0.1, 0.15) is 27.7 Å². The molecule has 7 nitrogen and oxygen atoms in total. The topological polar surface area (TPSA) is 68.0 Å². The van der Waals surface area contributed by atoms with Crippen molar-refractivity contribution >= 4 is 5.91 Å². The molecule has 3 aromatic carbocycles. The van der Waals surface area contributed by atoms with E-state index in [0.717, 1.165) is 13.1 Å². The van der Waals surface area contributed by atoms with Crippen LogP contribution in [0.4, 0.5) is 0 Å². The molecule has 4 aromatic rings. The number of carbonyl (C=O) groups is 1. The third-order valence-corrected chi connectivity index (χ3v) is 6.60. The zero-order valence-electron chi connectivity index (χ0n) is 20.5. The average Bonchev–Trinajstić information content (AvgIpc) is 3.44. The number of rotatable bonds is 7. The van der Waals surface area contributed by atoms with Gasteiger partial charge in [0.05, 0.1) is 25.8 Å². The SMILES string of the molecule is COc1ccc(OC)c(-c2cc(C(=O)N3CCN(C(c4ccccc4)c4ccccc4)CC3)no2)c1. The van der Waals surface area contributed by atoms with Gasteiger partial charge in [0.2, 0.25) is 0 Å². The van der Waals surface area contributed by atoms with E-state index in [1.807, 2.05) is 23.1 Å². The molecular formula is C29H29N3O4. The van der Waals surface area contributed by atoms with Gasteiger partial charge in [-0.05, 0) is 29.3 Å². The number of hydrogen-bond donors (Lipinski definition) is 0. The monoisotopic (exact) mass is 483 g/mol. The molecule has 0 atom stereocenters. The average molecular weight is 484 g/mol. The van der Waals surface area contributed by atoms with Crippen molar-refractivity contribution in [1.29, 1.82) is 0 Å². The Balaban J connectivity index is 1.31. The summed E-state index contributed by atoms with van der Waals surface area (Å²) in [6, 6.07) is 28.3. The second-order valence-electron chi connectivity index (χ2n) is 8.69. The van der Waals surface area contributed by atoms with E-state index in [1.165, 1.54) is 11.1 Å². The van der Waals surface area contributed by atoms with E-state index < -0.39 is 0 Å². The summed E-state index contributed by atoms with van der Waals surface area (Å²) in [5.74, 6) is 1.61. The van der Waals surface area contributed by atoms with Crippen LogP contribution in [-0.2, 0) is 0 Å². The van der Waals surface area contributed by atoms with Crippen molar-refractivity contribution in [1.82, 2.24) is 15.0 Å². The maximum absolute atomic E-state index is 13.3. The summed E-state index contributed by atoms with van der Waals surface area (Å²) in [6.45, 7) is 2.74. The van der Waals surface area contributed by atoms with Crippen LogP contribution in [0.25, 0.3) is 11.3 Å². The van der Waals surface area contributed by atoms with Gasteiger partial charge in [-0.2, -0.15) is 0 Å². The normalized spacial score (nSPS) is 14.1. The number of benzene rings is 3. The maximum Gasteiger partial charge on any atom is 0.276 e. The fourth-order valence-electron chi connectivity index (χ4n) is 4.74. The first-order valence-electron chi connectivity index (χ1n) is 12.0. The number of methoxy groups -OCH3 is 2. The third kappa shape index (κ3) is 4.83. The summed E-state index contributed by atoms with van der Waals surface area (Å²) < 4.78 is 16.3. The van der Waals surface area contributed by atoms with Crippen LogP contribution >= 0.6 is 0 Å². The molecule has 1 amide bonds. The Morgan fingerprint density at radius 3 is 2.06 bits per heavy atom. The molecule has 0 N–H and O–H groups in total. The lowest BCUT2D eigenvalue weighted by Gasteiger charge is -2.39. The zero-order chi connectivity index (χ0) is 24.9. The minimum Gasteiger partial charge on any atom is -0.497 e. The van der Waals surface area contributed by atoms with Crippen LogP contribution in [0, 0.1) is 0 Å². The van der Waals surface area contributed by atoms with E-state index in [9.17, 15) is 4.79 Å². The molecule has 0 saturated carbocycles. The lowest BCUT2D eigenvalue weighted by atomic mass is 9.96. The smallest absolute Gasteiger partial charge is 0.276 e. The number of nitrogens with zero attached hydrogens (tertiary/aromatic N) is 3. The first kappa shape index (κ1) is 23.6. The Hall–Kier alpha value is -4.10. The molecule has 1 aromatic heterocycles. The van der Waals surface area contributed by atoms with Crippen molar-refractivity contribution in [3.63, 3.8) is 0 Å². The maximum atomic E-state index is 13.3. The number of ether oxygens (including phenoxy) is 2. The molecule has 7 heteroatoms. The lowest BCUT2D eigenvalue weighted by Crippen LogP contribution is -2.50. The second kappa shape index (κ2) is 10.7. The summed E-state index contributed by atoms with van der Waals surface area (Å²) in [5.41, 5.74) is 3.46. The Bertz CT molecular complexity index is 1260. The Morgan fingerprint density at radius 2 is 1.47 bits per heavy atom. The van der Waals surface area contributed by atoms with Gasteiger partial charge in [0.1, 0.15) is 11.5 Å². The Labute approximate surface area is 210 Å². The molecule has 0 unspecified atom stereocenters. The van der Waals surface area contributed by atoms with Crippen molar-refractivity contribution in [3.8, 4) is 22.8 Å². The highest BCUT2D eigenvalue weighted by Gasteiger charge is 2.30. The van der Waals surface area contributed by atoms with E-state index in [-0.39, 0.29) is 17.6 Å². The predicted octanol–water partition coefficient (Wildman–Crippen LogP) is 4.91. The Kier molecular flexibility index (Phi) is 7.00. The van der Waals surface area contributed by atoms with Crippen LogP contribution in [0.3, 0.4) is 0 Å². The molecule has 0 radical (unpaired) electrons. The number of carbonyl (C=O) groups excluding carboxylic acids is 1. The van der Waals surface area contributed by atoms with Gasteiger partial charge in [-0.25, -0.2) is 0 Å². The minimum atomic E-state index is -0.137. The molecule has 5 rings (SSSR count). The number of piperazine rings is 1. The van der Waals surface area contributed by atoms with Crippen molar-refractivity contribution < 1.29 is 18.8 Å². The lowest BCUT2D eigenvalue weighted by molar-refractivity contribution is 0.0588. The van der Waals surface area contributed by atoms with Gasteiger partial charge in [0, 0.05) is 32.2 Å². The van der Waals surface area contributed by atoms with Gasteiger partial charge in [-0.3, -0.25) is 9.69 Å². The molecule has 36 heavy (non-hydrogen) atoms. The highest BCUT2D eigenvalue weighted by Crippen LogP contribution is 2.34. The first-order chi connectivity index (χ1) is 17.7. The number of hydrogen-bond acceptors (Lipinski definition) is 6. The van der Waals surface area contributed by atoms with Crippen molar-refractivity contribution in [2.24, 2.45) is 0 Å². The second-order valence-corrected chi connectivity index (χ2v) is 8.69. The van der Waals surface area contributed by atoms with Crippen LogP contribution in [0.15, 0.2) is 89.5 Å². The molecule has 0 bridgehead atoms. The fraction of sp³-hybridized carbons (Fsp3) is 0.241. The molecule has 1 saturated heterocycles.